The van der Waals surface area contributed by atoms with Crippen molar-refractivity contribution in [2.75, 3.05) is 13.6 Å². The second-order valence-electron chi connectivity index (χ2n) is 5.24. The molecule has 0 bridgehead atoms. The molecule has 0 spiro atoms. The molecule has 2 N–H and O–H groups in total. The summed E-state index contributed by atoms with van der Waals surface area (Å²) in [5, 5.41) is 0. The zero-order valence-corrected chi connectivity index (χ0v) is 12.7. The molecular weight excluding hydrogens is 279 g/mol. The number of hydrogen-bond acceptors (Lipinski definition) is 2. The number of halogens is 1. The highest BCUT2D eigenvalue weighted by Gasteiger charge is 2.29. The van der Waals surface area contributed by atoms with Crippen LogP contribution < -0.4 is 5.73 Å². The Morgan fingerprint density at radius 3 is 2.18 bits per heavy atom. The van der Waals surface area contributed by atoms with E-state index in [1.54, 1.807) is 55.6 Å². The number of hydrogen-bond donors (Lipinski definition) is 1. The van der Waals surface area contributed by atoms with Gasteiger partial charge in [-0.25, -0.2) is 4.39 Å². The molecule has 2 rings (SSSR count). The Balaban J connectivity index is 2.21. The van der Waals surface area contributed by atoms with Crippen LogP contribution in [0.5, 0.6) is 0 Å². The van der Waals surface area contributed by atoms with Gasteiger partial charge in [0.25, 0.3) is 5.91 Å². The van der Waals surface area contributed by atoms with Gasteiger partial charge in [0.15, 0.2) is 0 Å². The fraction of sp³-hybridized carbons (Fsp3) is 0.278. The summed E-state index contributed by atoms with van der Waals surface area (Å²) in [4.78, 5) is 14.0. The minimum atomic E-state index is -1.26. The van der Waals surface area contributed by atoms with Gasteiger partial charge in [-0.1, -0.05) is 48.5 Å². The van der Waals surface area contributed by atoms with Crippen LogP contribution in [0.3, 0.4) is 0 Å². The van der Waals surface area contributed by atoms with Gasteiger partial charge in [-0.3, -0.25) is 4.79 Å². The molecule has 0 saturated heterocycles. The van der Waals surface area contributed by atoms with Gasteiger partial charge in [-0.15, -0.1) is 0 Å². The number of likely N-dealkylation sites (N-methyl/N-ethyl adjacent to an activating group) is 1. The molecule has 1 amide bonds. The molecule has 3 nitrogen and oxygen atoms in total. The largest absolute Gasteiger partial charge is 0.335 e. The zero-order chi connectivity index (χ0) is 15.9. The van der Waals surface area contributed by atoms with E-state index in [2.05, 4.69) is 0 Å². The van der Waals surface area contributed by atoms with Gasteiger partial charge in [-0.2, -0.15) is 0 Å². The maximum atomic E-state index is 14.9. The summed E-state index contributed by atoms with van der Waals surface area (Å²) in [6.45, 7) is 0.324. The Bertz CT molecular complexity index is 589. The van der Waals surface area contributed by atoms with E-state index in [0.717, 1.165) is 0 Å². The summed E-state index contributed by atoms with van der Waals surface area (Å²) >= 11 is 0. The highest BCUT2D eigenvalue weighted by atomic mass is 19.1. The van der Waals surface area contributed by atoms with E-state index in [-0.39, 0.29) is 5.91 Å². The van der Waals surface area contributed by atoms with Gasteiger partial charge >= 0.3 is 0 Å². The van der Waals surface area contributed by atoms with Crippen LogP contribution >= 0.6 is 0 Å². The number of carbonyl (C=O) groups is 1. The lowest BCUT2D eigenvalue weighted by atomic mass is 9.99. The van der Waals surface area contributed by atoms with E-state index in [1.807, 2.05) is 12.1 Å². The molecule has 4 heteroatoms. The van der Waals surface area contributed by atoms with E-state index in [0.29, 0.717) is 24.1 Å². The second-order valence-corrected chi connectivity index (χ2v) is 5.24. The van der Waals surface area contributed by atoms with Crippen LogP contribution in [0.2, 0.25) is 0 Å². The molecule has 0 saturated carbocycles. The van der Waals surface area contributed by atoms with Gasteiger partial charge in [0, 0.05) is 12.6 Å². The van der Waals surface area contributed by atoms with E-state index < -0.39 is 12.2 Å². The molecular formula is C18H21FN2O. The minimum absolute atomic E-state index is 0.197. The van der Waals surface area contributed by atoms with Gasteiger partial charge < -0.3 is 10.6 Å². The molecule has 2 atom stereocenters. The molecule has 0 aliphatic rings. The number of alkyl halides is 1. The lowest BCUT2D eigenvalue weighted by Crippen LogP contribution is -2.41. The number of carbonyl (C=O) groups excluding carboxylic acids is 1. The van der Waals surface area contributed by atoms with E-state index in [1.165, 1.54) is 4.90 Å². The molecule has 0 heterocycles. The third kappa shape index (κ3) is 3.71. The second kappa shape index (κ2) is 7.71. The number of nitrogens with two attached hydrogens (primary N) is 1. The lowest BCUT2D eigenvalue weighted by molar-refractivity contribution is 0.0617. The first-order chi connectivity index (χ1) is 10.6. The average molecular weight is 300 g/mol. The molecule has 0 aliphatic carbocycles. The first-order valence-corrected chi connectivity index (χ1v) is 7.36. The molecule has 0 aromatic heterocycles. The van der Waals surface area contributed by atoms with Crippen LogP contribution in [0.4, 0.5) is 4.39 Å². The monoisotopic (exact) mass is 300 g/mol. The number of amides is 1. The van der Waals surface area contributed by atoms with Crippen molar-refractivity contribution in [3.8, 4) is 0 Å². The summed E-state index contributed by atoms with van der Waals surface area (Å²) in [6.07, 6.45) is -0.854. The Kier molecular flexibility index (Phi) is 5.67. The molecule has 0 radical (unpaired) electrons. The highest BCUT2D eigenvalue weighted by Crippen LogP contribution is 2.27. The van der Waals surface area contributed by atoms with Gasteiger partial charge in [-0.05, 0) is 30.7 Å². The maximum Gasteiger partial charge on any atom is 0.253 e. The van der Waals surface area contributed by atoms with Crippen molar-refractivity contribution in [1.82, 2.24) is 4.90 Å². The van der Waals surface area contributed by atoms with Crippen LogP contribution in [0.15, 0.2) is 60.7 Å². The molecule has 0 fully saturated rings. The first kappa shape index (κ1) is 16.2. The third-order valence-corrected chi connectivity index (χ3v) is 3.76. The van der Waals surface area contributed by atoms with Gasteiger partial charge in [0.1, 0.15) is 6.17 Å². The predicted molar refractivity (Wildman–Crippen MR) is 86.3 cm³/mol. The van der Waals surface area contributed by atoms with Crippen molar-refractivity contribution < 1.29 is 9.18 Å². The minimum Gasteiger partial charge on any atom is -0.335 e. The third-order valence-electron chi connectivity index (χ3n) is 3.76. The van der Waals surface area contributed by atoms with Crippen molar-refractivity contribution in [2.45, 2.75) is 18.6 Å². The quantitative estimate of drug-likeness (QED) is 0.890. The summed E-state index contributed by atoms with van der Waals surface area (Å²) in [5.74, 6) is -0.197. The van der Waals surface area contributed by atoms with Crippen LogP contribution in [-0.4, -0.2) is 30.4 Å². The Labute approximate surface area is 130 Å². The number of rotatable bonds is 6. The Hall–Kier alpha value is -2.20. The fourth-order valence-corrected chi connectivity index (χ4v) is 2.50. The number of nitrogens with zero attached hydrogens (tertiary/aromatic N) is 1. The smallest absolute Gasteiger partial charge is 0.253 e. The van der Waals surface area contributed by atoms with Crippen LogP contribution in [0.25, 0.3) is 0 Å². The van der Waals surface area contributed by atoms with Crippen LogP contribution in [-0.2, 0) is 0 Å². The van der Waals surface area contributed by atoms with Crippen molar-refractivity contribution in [3.63, 3.8) is 0 Å². The van der Waals surface area contributed by atoms with Gasteiger partial charge in [0.05, 0.1) is 6.04 Å². The Morgan fingerprint density at radius 2 is 1.64 bits per heavy atom. The molecule has 2 aromatic rings. The fourth-order valence-electron chi connectivity index (χ4n) is 2.50. The highest BCUT2D eigenvalue weighted by molar-refractivity contribution is 5.94. The Morgan fingerprint density at radius 1 is 1.09 bits per heavy atom. The van der Waals surface area contributed by atoms with Crippen LogP contribution in [0.1, 0.15) is 28.5 Å². The lowest BCUT2D eigenvalue weighted by Gasteiger charge is -2.31. The van der Waals surface area contributed by atoms with Crippen molar-refractivity contribution in [3.05, 3.63) is 71.8 Å². The summed E-state index contributed by atoms with van der Waals surface area (Å²) in [7, 11) is 1.63. The van der Waals surface area contributed by atoms with E-state index in [9.17, 15) is 9.18 Å². The van der Waals surface area contributed by atoms with Crippen LogP contribution in [0, 0.1) is 0 Å². The maximum absolute atomic E-state index is 14.9. The molecule has 2 unspecified atom stereocenters. The summed E-state index contributed by atoms with van der Waals surface area (Å²) in [5.41, 5.74) is 6.73. The average Bonchev–Trinajstić information content (AvgIpc) is 2.59. The van der Waals surface area contributed by atoms with E-state index >= 15 is 0 Å². The molecule has 0 aliphatic heterocycles. The molecule has 22 heavy (non-hydrogen) atoms. The van der Waals surface area contributed by atoms with Crippen molar-refractivity contribution in [1.29, 1.82) is 0 Å². The van der Waals surface area contributed by atoms with Crippen molar-refractivity contribution in [2.24, 2.45) is 5.73 Å². The van der Waals surface area contributed by atoms with E-state index in [4.69, 9.17) is 5.73 Å². The molecule has 2 aromatic carbocycles. The summed E-state index contributed by atoms with van der Waals surface area (Å²) < 4.78 is 14.9. The first-order valence-electron chi connectivity index (χ1n) is 7.36. The number of benzene rings is 2. The van der Waals surface area contributed by atoms with Gasteiger partial charge in [0.2, 0.25) is 0 Å². The molecule has 116 valence electrons. The summed E-state index contributed by atoms with van der Waals surface area (Å²) in [6, 6.07) is 17.2. The topological polar surface area (TPSA) is 46.3 Å². The SMILES string of the molecule is CN(C(=O)c1ccccc1)C(CCN)C(F)c1ccccc1. The normalized spacial score (nSPS) is 13.4. The zero-order valence-electron chi connectivity index (χ0n) is 12.7. The standard InChI is InChI=1S/C18H21FN2O/c1-21(18(22)15-10-6-3-7-11-15)16(12-13-20)17(19)14-8-4-2-5-9-14/h2-11,16-17H,12-13,20H2,1H3. The predicted octanol–water partition coefficient (Wildman–Crippen LogP) is 3.19. The van der Waals surface area contributed by atoms with Crippen molar-refractivity contribution >= 4 is 5.91 Å².